The number of aliphatic carboxylic acids is 1. The standard InChI is InChI=1S/C14H19NO2/c1-11-4-2-3-5-13(11)15(9-8-14(16)17)10-12-6-7-12/h2-5,12H,6-10H2,1H3,(H,16,17). The van der Waals surface area contributed by atoms with Gasteiger partial charge in [0.05, 0.1) is 6.42 Å². The number of hydrogen-bond donors (Lipinski definition) is 1. The van der Waals surface area contributed by atoms with Crippen molar-refractivity contribution in [2.45, 2.75) is 26.2 Å². The molecule has 1 aromatic carbocycles. The molecule has 0 unspecified atom stereocenters. The Kier molecular flexibility index (Phi) is 3.67. The fraction of sp³-hybridized carbons (Fsp3) is 0.500. The molecule has 0 spiro atoms. The Labute approximate surface area is 102 Å². The van der Waals surface area contributed by atoms with Crippen LogP contribution in [0.5, 0.6) is 0 Å². The smallest absolute Gasteiger partial charge is 0.305 e. The van der Waals surface area contributed by atoms with E-state index < -0.39 is 5.97 Å². The monoisotopic (exact) mass is 233 g/mol. The van der Waals surface area contributed by atoms with Crippen LogP contribution in [0.2, 0.25) is 0 Å². The fourth-order valence-electron chi connectivity index (χ4n) is 2.07. The molecule has 0 saturated heterocycles. The third-order valence-corrected chi connectivity index (χ3v) is 3.23. The van der Waals surface area contributed by atoms with Gasteiger partial charge < -0.3 is 10.0 Å². The number of hydrogen-bond acceptors (Lipinski definition) is 2. The Morgan fingerprint density at radius 2 is 2.12 bits per heavy atom. The van der Waals surface area contributed by atoms with Crippen LogP contribution in [0.1, 0.15) is 24.8 Å². The Balaban J connectivity index is 2.07. The van der Waals surface area contributed by atoms with Crippen molar-refractivity contribution in [1.29, 1.82) is 0 Å². The van der Waals surface area contributed by atoms with Crippen molar-refractivity contribution < 1.29 is 9.90 Å². The minimum Gasteiger partial charge on any atom is -0.481 e. The van der Waals surface area contributed by atoms with Gasteiger partial charge in [-0.1, -0.05) is 18.2 Å². The van der Waals surface area contributed by atoms with Crippen molar-refractivity contribution >= 4 is 11.7 Å². The molecule has 1 fully saturated rings. The molecule has 1 aliphatic carbocycles. The number of carbonyl (C=O) groups is 1. The van der Waals surface area contributed by atoms with Crippen molar-refractivity contribution in [3.05, 3.63) is 29.8 Å². The Morgan fingerprint density at radius 3 is 2.71 bits per heavy atom. The molecule has 3 nitrogen and oxygen atoms in total. The number of nitrogens with zero attached hydrogens (tertiary/aromatic N) is 1. The normalized spacial score (nSPS) is 14.6. The van der Waals surface area contributed by atoms with Gasteiger partial charge in [0.25, 0.3) is 0 Å². The number of anilines is 1. The van der Waals surface area contributed by atoms with Crippen LogP contribution in [-0.2, 0) is 4.79 Å². The summed E-state index contributed by atoms with van der Waals surface area (Å²) in [6.07, 6.45) is 2.78. The molecule has 0 heterocycles. The first-order valence-corrected chi connectivity index (χ1v) is 6.19. The highest BCUT2D eigenvalue weighted by Gasteiger charge is 2.25. The van der Waals surface area contributed by atoms with Crippen molar-refractivity contribution in [2.75, 3.05) is 18.0 Å². The van der Waals surface area contributed by atoms with Crippen molar-refractivity contribution in [1.82, 2.24) is 0 Å². The van der Waals surface area contributed by atoms with Gasteiger partial charge in [0.1, 0.15) is 0 Å². The summed E-state index contributed by atoms with van der Waals surface area (Å²) >= 11 is 0. The Morgan fingerprint density at radius 1 is 1.41 bits per heavy atom. The van der Waals surface area contributed by atoms with E-state index in [0.717, 1.165) is 12.5 Å². The first-order chi connectivity index (χ1) is 8.16. The van der Waals surface area contributed by atoms with E-state index in [2.05, 4.69) is 24.0 Å². The molecule has 3 heteroatoms. The van der Waals surface area contributed by atoms with Gasteiger partial charge in [0, 0.05) is 18.8 Å². The summed E-state index contributed by atoms with van der Waals surface area (Å²) in [5.41, 5.74) is 2.40. The average Bonchev–Trinajstić information content (AvgIpc) is 3.09. The average molecular weight is 233 g/mol. The van der Waals surface area contributed by atoms with E-state index in [1.165, 1.54) is 24.1 Å². The molecule has 2 rings (SSSR count). The second-order valence-electron chi connectivity index (χ2n) is 4.82. The van der Waals surface area contributed by atoms with Crippen LogP contribution in [0.15, 0.2) is 24.3 Å². The van der Waals surface area contributed by atoms with Crippen molar-refractivity contribution in [3.8, 4) is 0 Å². The van der Waals surface area contributed by atoms with E-state index in [1.807, 2.05) is 12.1 Å². The molecular formula is C14H19NO2. The SMILES string of the molecule is Cc1ccccc1N(CCC(=O)O)CC1CC1. The van der Waals surface area contributed by atoms with Gasteiger partial charge in [-0.3, -0.25) is 4.79 Å². The van der Waals surface area contributed by atoms with E-state index in [4.69, 9.17) is 5.11 Å². The summed E-state index contributed by atoms with van der Waals surface area (Å²) in [4.78, 5) is 12.9. The van der Waals surface area contributed by atoms with E-state index in [-0.39, 0.29) is 6.42 Å². The van der Waals surface area contributed by atoms with Gasteiger partial charge in [-0.05, 0) is 37.3 Å². The van der Waals surface area contributed by atoms with Crippen LogP contribution in [0.3, 0.4) is 0 Å². The van der Waals surface area contributed by atoms with Gasteiger partial charge in [0.2, 0.25) is 0 Å². The van der Waals surface area contributed by atoms with Crippen LogP contribution in [-0.4, -0.2) is 24.2 Å². The predicted molar refractivity (Wildman–Crippen MR) is 68.4 cm³/mol. The minimum absolute atomic E-state index is 0.209. The summed E-state index contributed by atoms with van der Waals surface area (Å²) in [6.45, 7) is 3.69. The summed E-state index contributed by atoms with van der Waals surface area (Å²) in [5.74, 6) is 0.0442. The number of benzene rings is 1. The number of para-hydroxylation sites is 1. The zero-order valence-corrected chi connectivity index (χ0v) is 10.2. The number of rotatable bonds is 6. The van der Waals surface area contributed by atoms with Crippen molar-refractivity contribution in [3.63, 3.8) is 0 Å². The van der Waals surface area contributed by atoms with E-state index in [9.17, 15) is 4.79 Å². The zero-order chi connectivity index (χ0) is 12.3. The maximum Gasteiger partial charge on any atom is 0.305 e. The Bertz CT molecular complexity index is 399. The molecule has 1 N–H and O–H groups in total. The van der Waals surface area contributed by atoms with Crippen molar-refractivity contribution in [2.24, 2.45) is 5.92 Å². The van der Waals surface area contributed by atoms with Gasteiger partial charge in [0.15, 0.2) is 0 Å². The predicted octanol–water partition coefficient (Wildman–Crippen LogP) is 2.69. The molecule has 92 valence electrons. The lowest BCUT2D eigenvalue weighted by molar-refractivity contribution is -0.136. The van der Waals surface area contributed by atoms with E-state index in [0.29, 0.717) is 6.54 Å². The van der Waals surface area contributed by atoms with E-state index in [1.54, 1.807) is 0 Å². The second kappa shape index (κ2) is 5.21. The zero-order valence-electron chi connectivity index (χ0n) is 10.2. The molecule has 1 aromatic rings. The van der Waals surface area contributed by atoms with Gasteiger partial charge >= 0.3 is 5.97 Å². The maximum atomic E-state index is 10.7. The Hall–Kier alpha value is -1.51. The summed E-state index contributed by atoms with van der Waals surface area (Å²) < 4.78 is 0. The molecular weight excluding hydrogens is 214 g/mol. The molecule has 17 heavy (non-hydrogen) atoms. The molecule has 0 bridgehead atoms. The lowest BCUT2D eigenvalue weighted by atomic mass is 10.1. The van der Waals surface area contributed by atoms with Crippen LogP contribution >= 0.6 is 0 Å². The molecule has 0 radical (unpaired) electrons. The first kappa shape index (κ1) is 12.0. The fourth-order valence-corrected chi connectivity index (χ4v) is 2.07. The summed E-state index contributed by atoms with van der Waals surface area (Å²) in [5, 5.41) is 8.80. The maximum absolute atomic E-state index is 10.7. The quantitative estimate of drug-likeness (QED) is 0.821. The first-order valence-electron chi connectivity index (χ1n) is 6.19. The minimum atomic E-state index is -0.723. The molecule has 0 aromatic heterocycles. The molecule has 1 aliphatic rings. The molecule has 1 saturated carbocycles. The number of carboxylic acids is 1. The van der Waals surface area contributed by atoms with Gasteiger partial charge in [-0.15, -0.1) is 0 Å². The third kappa shape index (κ3) is 3.48. The highest BCUT2D eigenvalue weighted by molar-refractivity contribution is 5.68. The second-order valence-corrected chi connectivity index (χ2v) is 4.82. The number of carboxylic acid groups (broad SMARTS) is 1. The lowest BCUT2D eigenvalue weighted by Gasteiger charge is -2.25. The third-order valence-electron chi connectivity index (χ3n) is 3.23. The molecule has 0 amide bonds. The van der Waals surface area contributed by atoms with Crippen LogP contribution < -0.4 is 4.90 Å². The van der Waals surface area contributed by atoms with Crippen LogP contribution in [0, 0.1) is 12.8 Å². The van der Waals surface area contributed by atoms with Gasteiger partial charge in [-0.25, -0.2) is 0 Å². The largest absolute Gasteiger partial charge is 0.481 e. The molecule has 0 aliphatic heterocycles. The highest BCUT2D eigenvalue weighted by atomic mass is 16.4. The van der Waals surface area contributed by atoms with Crippen LogP contribution in [0.4, 0.5) is 5.69 Å². The highest BCUT2D eigenvalue weighted by Crippen LogP contribution is 2.32. The van der Waals surface area contributed by atoms with Gasteiger partial charge in [-0.2, -0.15) is 0 Å². The topological polar surface area (TPSA) is 40.5 Å². The number of aryl methyl sites for hydroxylation is 1. The lowest BCUT2D eigenvalue weighted by Crippen LogP contribution is -2.29. The molecule has 0 atom stereocenters. The summed E-state index contributed by atoms with van der Waals surface area (Å²) in [6, 6.07) is 8.20. The van der Waals surface area contributed by atoms with Crippen LogP contribution in [0.25, 0.3) is 0 Å². The summed E-state index contributed by atoms with van der Waals surface area (Å²) in [7, 11) is 0. The van der Waals surface area contributed by atoms with E-state index >= 15 is 0 Å².